The highest BCUT2D eigenvalue weighted by atomic mass is 16.7. The molecular weight excluding hydrogens is 131 g/mol. The molecule has 0 radical (unpaired) electrons. The van der Waals surface area contributed by atoms with Crippen molar-refractivity contribution >= 4 is 7.32 Å². The normalized spacial score (nSPS) is 9.90. The summed E-state index contributed by atoms with van der Waals surface area (Å²) in [6.07, 6.45) is 1.79. The van der Waals surface area contributed by atoms with Gasteiger partial charge in [-0.2, -0.15) is 0 Å². The van der Waals surface area contributed by atoms with Crippen LogP contribution in [-0.4, -0.2) is 25.6 Å². The lowest BCUT2D eigenvalue weighted by Gasteiger charge is -2.05. The Bertz CT molecular complexity index is 62.0. The van der Waals surface area contributed by atoms with Crippen LogP contribution in [0.1, 0.15) is 26.7 Å². The zero-order valence-electron chi connectivity index (χ0n) is 6.67. The molecule has 0 fully saturated rings. The van der Waals surface area contributed by atoms with Crippen LogP contribution in [0.3, 0.4) is 0 Å². The summed E-state index contributed by atoms with van der Waals surface area (Å²) in [5, 5.41) is 8.87. The highest BCUT2D eigenvalue weighted by Gasteiger charge is 2.12. The Balaban J connectivity index is 3.00. The molecule has 0 aromatic carbocycles. The first-order valence-corrected chi connectivity index (χ1v) is 3.72. The van der Waals surface area contributed by atoms with Gasteiger partial charge in [0.2, 0.25) is 0 Å². The average Bonchev–Trinajstić information content (AvgIpc) is 1.97. The first kappa shape index (κ1) is 9.94. The maximum absolute atomic E-state index is 8.87. The molecule has 10 heavy (non-hydrogen) atoms. The van der Waals surface area contributed by atoms with E-state index in [9.17, 15) is 0 Å². The van der Waals surface area contributed by atoms with E-state index in [0.717, 1.165) is 12.8 Å². The lowest BCUT2D eigenvalue weighted by molar-refractivity contribution is 0.133. The van der Waals surface area contributed by atoms with Crippen LogP contribution < -0.4 is 0 Å². The second kappa shape index (κ2) is 7.06. The molecule has 0 rings (SSSR count). The summed E-state index contributed by atoms with van der Waals surface area (Å²) >= 11 is 0. The predicted octanol–water partition coefficient (Wildman–Crippen LogP) is 0.817. The van der Waals surface area contributed by atoms with E-state index in [1.807, 2.05) is 13.8 Å². The van der Waals surface area contributed by atoms with Crippen LogP contribution in [-0.2, 0) is 9.31 Å². The van der Waals surface area contributed by atoms with Crippen LogP contribution in [0.5, 0.6) is 0 Å². The molecule has 0 atom stereocenters. The Hall–Kier alpha value is -0.0551. The largest absolute Gasteiger partial charge is 0.636 e. The van der Waals surface area contributed by atoms with Gasteiger partial charge >= 0.3 is 7.32 Å². The van der Waals surface area contributed by atoms with E-state index in [0.29, 0.717) is 13.2 Å². The first-order chi connectivity index (χ1) is 4.81. The molecule has 0 saturated heterocycles. The summed E-state index contributed by atoms with van der Waals surface area (Å²) in [5.41, 5.74) is 0. The van der Waals surface area contributed by atoms with Gasteiger partial charge in [0.15, 0.2) is 0 Å². The highest BCUT2D eigenvalue weighted by Crippen LogP contribution is 1.88. The molecule has 0 saturated carbocycles. The highest BCUT2D eigenvalue weighted by molar-refractivity contribution is 6.34. The molecule has 0 aromatic heterocycles. The second-order valence-electron chi connectivity index (χ2n) is 2.05. The summed E-state index contributed by atoms with van der Waals surface area (Å²) in [5.74, 6) is 0. The molecule has 0 aromatic rings. The predicted molar refractivity (Wildman–Crippen MR) is 40.5 cm³/mol. The number of hydrogen-bond acceptors (Lipinski definition) is 3. The van der Waals surface area contributed by atoms with Gasteiger partial charge < -0.3 is 14.3 Å². The molecule has 0 spiro atoms. The minimum Gasteiger partial charge on any atom is -0.402 e. The third kappa shape index (κ3) is 6.07. The van der Waals surface area contributed by atoms with Gasteiger partial charge in [0.05, 0.1) is 0 Å². The van der Waals surface area contributed by atoms with Gasteiger partial charge in [-0.25, -0.2) is 0 Å². The van der Waals surface area contributed by atoms with E-state index < -0.39 is 7.32 Å². The zero-order chi connectivity index (χ0) is 7.82. The number of rotatable bonds is 6. The van der Waals surface area contributed by atoms with E-state index >= 15 is 0 Å². The van der Waals surface area contributed by atoms with Gasteiger partial charge in [-0.05, 0) is 12.8 Å². The van der Waals surface area contributed by atoms with E-state index in [4.69, 9.17) is 14.3 Å². The van der Waals surface area contributed by atoms with Crippen molar-refractivity contribution in [3.63, 3.8) is 0 Å². The van der Waals surface area contributed by atoms with Crippen LogP contribution in [0.15, 0.2) is 0 Å². The Morgan fingerprint density at radius 1 is 1.10 bits per heavy atom. The quantitative estimate of drug-likeness (QED) is 0.563. The molecule has 0 unspecified atom stereocenters. The molecule has 1 N–H and O–H groups in total. The third-order valence-corrected chi connectivity index (χ3v) is 0.929. The molecule has 4 heteroatoms. The van der Waals surface area contributed by atoms with Crippen molar-refractivity contribution in [2.75, 3.05) is 13.2 Å². The minimum atomic E-state index is -1.03. The van der Waals surface area contributed by atoms with E-state index in [-0.39, 0.29) is 0 Å². The standard InChI is InChI=1S/C6H15BO3/c1-3-5-9-7(8)10-6-4-2/h8H,3-6H2,1-2H3. The molecule has 3 nitrogen and oxygen atoms in total. The number of hydrogen-bond donors (Lipinski definition) is 1. The molecule has 0 aliphatic heterocycles. The van der Waals surface area contributed by atoms with Crippen LogP contribution in [0, 0.1) is 0 Å². The summed E-state index contributed by atoms with van der Waals surface area (Å²) in [6, 6.07) is 0. The van der Waals surface area contributed by atoms with Crippen molar-refractivity contribution in [2.45, 2.75) is 26.7 Å². The summed E-state index contributed by atoms with van der Waals surface area (Å²) in [4.78, 5) is 0. The fourth-order valence-electron chi connectivity index (χ4n) is 0.485. The van der Waals surface area contributed by atoms with Crippen molar-refractivity contribution in [1.29, 1.82) is 0 Å². The molecule has 0 aliphatic carbocycles. The Morgan fingerprint density at radius 3 is 1.80 bits per heavy atom. The van der Waals surface area contributed by atoms with Gasteiger partial charge in [0, 0.05) is 13.2 Å². The molecule has 60 valence electrons. The van der Waals surface area contributed by atoms with Crippen LogP contribution >= 0.6 is 0 Å². The lowest BCUT2D eigenvalue weighted by atomic mass is 10.2. The third-order valence-electron chi connectivity index (χ3n) is 0.929. The van der Waals surface area contributed by atoms with Gasteiger partial charge in [0.1, 0.15) is 0 Å². The van der Waals surface area contributed by atoms with E-state index in [1.54, 1.807) is 0 Å². The maximum Gasteiger partial charge on any atom is 0.636 e. The smallest absolute Gasteiger partial charge is 0.402 e. The Kier molecular flexibility index (Phi) is 7.02. The molecule has 0 bridgehead atoms. The summed E-state index contributed by atoms with van der Waals surface area (Å²) in [6.45, 7) is 5.05. The molecular formula is C6H15BO3. The molecule has 0 aliphatic rings. The van der Waals surface area contributed by atoms with E-state index in [2.05, 4.69) is 0 Å². The summed E-state index contributed by atoms with van der Waals surface area (Å²) in [7, 11) is -1.03. The van der Waals surface area contributed by atoms with Crippen LogP contribution in [0.25, 0.3) is 0 Å². The molecule has 0 amide bonds. The lowest BCUT2D eigenvalue weighted by Crippen LogP contribution is -2.23. The Labute approximate surface area is 62.5 Å². The average molecular weight is 146 g/mol. The topological polar surface area (TPSA) is 38.7 Å². The molecule has 0 heterocycles. The Morgan fingerprint density at radius 2 is 1.50 bits per heavy atom. The van der Waals surface area contributed by atoms with E-state index in [1.165, 1.54) is 0 Å². The zero-order valence-corrected chi connectivity index (χ0v) is 6.67. The minimum absolute atomic E-state index is 0.547. The van der Waals surface area contributed by atoms with Gasteiger partial charge in [0.25, 0.3) is 0 Å². The first-order valence-electron chi connectivity index (χ1n) is 3.72. The SMILES string of the molecule is CCCOB(O)OCCC. The van der Waals surface area contributed by atoms with Crippen molar-refractivity contribution in [3.8, 4) is 0 Å². The van der Waals surface area contributed by atoms with Crippen molar-refractivity contribution in [3.05, 3.63) is 0 Å². The van der Waals surface area contributed by atoms with Crippen molar-refractivity contribution < 1.29 is 14.3 Å². The summed E-state index contributed by atoms with van der Waals surface area (Å²) < 4.78 is 9.65. The van der Waals surface area contributed by atoms with Crippen LogP contribution in [0.4, 0.5) is 0 Å². The maximum atomic E-state index is 8.87. The fourth-order valence-corrected chi connectivity index (χ4v) is 0.485. The van der Waals surface area contributed by atoms with Gasteiger partial charge in [-0.3, -0.25) is 0 Å². The van der Waals surface area contributed by atoms with Gasteiger partial charge in [-0.15, -0.1) is 0 Å². The van der Waals surface area contributed by atoms with Crippen molar-refractivity contribution in [1.82, 2.24) is 0 Å². The second-order valence-corrected chi connectivity index (χ2v) is 2.05. The fraction of sp³-hybridized carbons (Fsp3) is 1.00. The van der Waals surface area contributed by atoms with Crippen molar-refractivity contribution in [2.24, 2.45) is 0 Å². The van der Waals surface area contributed by atoms with Crippen LogP contribution in [0.2, 0.25) is 0 Å². The monoisotopic (exact) mass is 146 g/mol. The van der Waals surface area contributed by atoms with Gasteiger partial charge in [-0.1, -0.05) is 13.8 Å².